The van der Waals surface area contributed by atoms with Gasteiger partial charge < -0.3 is 10.1 Å². The Morgan fingerprint density at radius 1 is 1.05 bits per heavy atom. The zero-order valence-corrected chi connectivity index (χ0v) is 14.4. The molecule has 0 spiro atoms. The molecule has 0 fully saturated rings. The van der Waals surface area contributed by atoms with Crippen molar-refractivity contribution in [2.24, 2.45) is 0 Å². The third kappa shape index (κ3) is 4.87. The minimum atomic E-state index is 0.272. The lowest BCUT2D eigenvalue weighted by molar-refractivity contribution is 0.264. The Bertz CT molecular complexity index is 568. The fraction of sp³-hybridized carbons (Fsp3) is 0.333. The van der Waals surface area contributed by atoms with Gasteiger partial charge in [0.15, 0.2) is 0 Å². The molecule has 0 aliphatic heterocycles. The van der Waals surface area contributed by atoms with Gasteiger partial charge >= 0.3 is 0 Å². The minimum Gasteiger partial charge on any atom is -0.492 e. The Morgan fingerprint density at radius 3 is 2.38 bits per heavy atom. The van der Waals surface area contributed by atoms with Crippen LogP contribution in [0.1, 0.15) is 31.0 Å². The number of halogens is 1. The molecule has 0 saturated heterocycles. The van der Waals surface area contributed by atoms with Gasteiger partial charge in [-0.25, -0.2) is 0 Å². The lowest BCUT2D eigenvalue weighted by Crippen LogP contribution is -2.34. The first-order chi connectivity index (χ1) is 10.1. The first-order valence-electron chi connectivity index (χ1n) is 7.26. The van der Waals surface area contributed by atoms with Crippen molar-refractivity contribution in [3.05, 3.63) is 64.1 Å². The molecule has 21 heavy (non-hydrogen) atoms. The highest BCUT2D eigenvalue weighted by Gasteiger charge is 2.12. The van der Waals surface area contributed by atoms with Crippen molar-refractivity contribution >= 4 is 15.9 Å². The van der Waals surface area contributed by atoms with E-state index in [4.69, 9.17) is 4.74 Å². The van der Waals surface area contributed by atoms with Crippen molar-refractivity contribution in [3.8, 4) is 5.75 Å². The van der Waals surface area contributed by atoms with Crippen molar-refractivity contribution in [2.75, 3.05) is 6.61 Å². The van der Waals surface area contributed by atoms with Gasteiger partial charge in [0.05, 0.1) is 0 Å². The van der Waals surface area contributed by atoms with Gasteiger partial charge in [-0.15, -0.1) is 0 Å². The lowest BCUT2D eigenvalue weighted by Gasteiger charge is -2.21. The molecule has 0 amide bonds. The molecule has 2 atom stereocenters. The quantitative estimate of drug-likeness (QED) is 0.804. The highest BCUT2D eigenvalue weighted by molar-refractivity contribution is 9.10. The molecule has 0 saturated carbocycles. The van der Waals surface area contributed by atoms with Crippen LogP contribution in [0.3, 0.4) is 0 Å². The fourth-order valence-electron chi connectivity index (χ4n) is 2.25. The maximum absolute atomic E-state index is 5.82. The van der Waals surface area contributed by atoms with Crippen molar-refractivity contribution in [2.45, 2.75) is 32.9 Å². The van der Waals surface area contributed by atoms with Crippen molar-refractivity contribution in [1.29, 1.82) is 0 Å². The average molecular weight is 348 g/mol. The minimum absolute atomic E-state index is 0.272. The molecular weight excluding hydrogens is 326 g/mol. The molecule has 2 unspecified atom stereocenters. The summed E-state index contributed by atoms with van der Waals surface area (Å²) in [6.45, 7) is 7.04. The molecule has 0 bridgehead atoms. The highest BCUT2D eigenvalue weighted by atomic mass is 79.9. The first-order valence-corrected chi connectivity index (χ1v) is 8.05. The van der Waals surface area contributed by atoms with Gasteiger partial charge in [0, 0.05) is 16.6 Å². The predicted octanol–water partition coefficient (Wildman–Crippen LogP) is 4.88. The topological polar surface area (TPSA) is 21.3 Å². The van der Waals surface area contributed by atoms with Crippen LogP contribution in [0.15, 0.2) is 53.0 Å². The molecule has 2 aromatic carbocycles. The van der Waals surface area contributed by atoms with E-state index >= 15 is 0 Å². The van der Waals surface area contributed by atoms with E-state index in [0.717, 1.165) is 10.2 Å². The van der Waals surface area contributed by atoms with Crippen LogP contribution in [0.4, 0.5) is 0 Å². The Balaban J connectivity index is 1.85. The monoisotopic (exact) mass is 347 g/mol. The molecule has 2 aromatic rings. The largest absolute Gasteiger partial charge is 0.492 e. The molecule has 2 nitrogen and oxygen atoms in total. The summed E-state index contributed by atoms with van der Waals surface area (Å²) in [6.07, 6.45) is 0. The summed E-state index contributed by atoms with van der Waals surface area (Å²) in [5, 5.41) is 3.56. The molecule has 1 N–H and O–H groups in total. The van der Waals surface area contributed by atoms with Gasteiger partial charge in [0.2, 0.25) is 0 Å². The number of benzene rings is 2. The molecule has 2 rings (SSSR count). The summed E-state index contributed by atoms with van der Waals surface area (Å²) in [6, 6.07) is 17.0. The number of hydrogen-bond acceptors (Lipinski definition) is 2. The van der Waals surface area contributed by atoms with E-state index in [9.17, 15) is 0 Å². The van der Waals surface area contributed by atoms with Gasteiger partial charge in [0.1, 0.15) is 12.4 Å². The molecule has 0 aliphatic rings. The summed E-state index contributed by atoms with van der Waals surface area (Å²) in [5.74, 6) is 0.919. The van der Waals surface area contributed by atoms with E-state index in [1.165, 1.54) is 11.1 Å². The smallest absolute Gasteiger partial charge is 0.119 e. The van der Waals surface area contributed by atoms with Crippen LogP contribution in [-0.4, -0.2) is 12.6 Å². The second-order valence-corrected chi connectivity index (χ2v) is 6.29. The van der Waals surface area contributed by atoms with Gasteiger partial charge in [-0.2, -0.15) is 0 Å². The Hall–Kier alpha value is -1.32. The van der Waals surface area contributed by atoms with Gasteiger partial charge in [-0.1, -0.05) is 51.8 Å². The second-order valence-electron chi connectivity index (χ2n) is 5.43. The molecule has 0 radical (unpaired) electrons. The van der Waals surface area contributed by atoms with Crippen molar-refractivity contribution < 1.29 is 4.74 Å². The zero-order chi connectivity index (χ0) is 15.2. The van der Waals surface area contributed by atoms with E-state index in [2.05, 4.69) is 72.3 Å². The maximum Gasteiger partial charge on any atom is 0.119 e. The van der Waals surface area contributed by atoms with E-state index in [-0.39, 0.29) is 12.1 Å². The van der Waals surface area contributed by atoms with Crippen LogP contribution in [0.5, 0.6) is 5.75 Å². The molecule has 3 heteroatoms. The highest BCUT2D eigenvalue weighted by Crippen LogP contribution is 2.23. The first kappa shape index (κ1) is 16.1. The van der Waals surface area contributed by atoms with Crippen LogP contribution in [-0.2, 0) is 0 Å². The summed E-state index contributed by atoms with van der Waals surface area (Å²) in [4.78, 5) is 0. The number of aryl methyl sites for hydroxylation is 1. The van der Waals surface area contributed by atoms with E-state index in [1.54, 1.807) is 0 Å². The van der Waals surface area contributed by atoms with Crippen LogP contribution >= 0.6 is 15.9 Å². The zero-order valence-electron chi connectivity index (χ0n) is 12.8. The Kier molecular flexibility index (Phi) is 5.83. The van der Waals surface area contributed by atoms with Crippen LogP contribution in [0, 0.1) is 6.92 Å². The molecule has 112 valence electrons. The SMILES string of the molecule is Cc1ccc(OCC(C)NC(C)c2ccccc2Br)cc1. The van der Waals surface area contributed by atoms with Gasteiger partial charge in [0.25, 0.3) is 0 Å². The van der Waals surface area contributed by atoms with E-state index in [1.807, 2.05) is 18.2 Å². The van der Waals surface area contributed by atoms with Crippen molar-refractivity contribution in [3.63, 3.8) is 0 Å². The van der Waals surface area contributed by atoms with E-state index in [0.29, 0.717) is 6.61 Å². The average Bonchev–Trinajstić information content (AvgIpc) is 2.47. The molecule has 0 heterocycles. The molecule has 0 aromatic heterocycles. The normalized spacial score (nSPS) is 13.7. The van der Waals surface area contributed by atoms with E-state index < -0.39 is 0 Å². The van der Waals surface area contributed by atoms with Gasteiger partial charge in [-0.05, 0) is 44.5 Å². The summed E-state index contributed by atoms with van der Waals surface area (Å²) >= 11 is 3.60. The molecule has 0 aliphatic carbocycles. The van der Waals surface area contributed by atoms with Crippen LogP contribution in [0.25, 0.3) is 0 Å². The Morgan fingerprint density at radius 2 is 1.71 bits per heavy atom. The standard InChI is InChI=1S/C18H22BrNO/c1-13-8-10-16(11-9-13)21-12-14(2)20-15(3)17-6-4-5-7-18(17)19/h4-11,14-15,20H,12H2,1-3H3. The third-order valence-electron chi connectivity index (χ3n) is 3.43. The summed E-state index contributed by atoms with van der Waals surface area (Å²) in [7, 11) is 0. The number of hydrogen-bond donors (Lipinski definition) is 1. The lowest BCUT2D eigenvalue weighted by atomic mass is 10.1. The fourth-order valence-corrected chi connectivity index (χ4v) is 2.87. The maximum atomic E-state index is 5.82. The third-order valence-corrected chi connectivity index (χ3v) is 4.15. The van der Waals surface area contributed by atoms with Crippen molar-refractivity contribution in [1.82, 2.24) is 5.32 Å². The summed E-state index contributed by atoms with van der Waals surface area (Å²) in [5.41, 5.74) is 2.51. The molecular formula is C18H22BrNO. The van der Waals surface area contributed by atoms with Gasteiger partial charge in [-0.3, -0.25) is 0 Å². The number of nitrogens with one attached hydrogen (secondary N) is 1. The number of ether oxygens (including phenoxy) is 1. The summed E-state index contributed by atoms with van der Waals surface area (Å²) < 4.78 is 6.95. The second kappa shape index (κ2) is 7.62. The predicted molar refractivity (Wildman–Crippen MR) is 91.8 cm³/mol. The van der Waals surface area contributed by atoms with Crippen LogP contribution < -0.4 is 10.1 Å². The Labute approximate surface area is 135 Å². The number of rotatable bonds is 6. The van der Waals surface area contributed by atoms with Crippen LogP contribution in [0.2, 0.25) is 0 Å².